The molecule has 0 bridgehead atoms. The van der Waals surface area contributed by atoms with Gasteiger partial charge in [-0.25, -0.2) is 8.42 Å². The van der Waals surface area contributed by atoms with Crippen LogP contribution in [0, 0.1) is 0 Å². The lowest BCUT2D eigenvalue weighted by Gasteiger charge is -2.15. The van der Waals surface area contributed by atoms with Gasteiger partial charge in [0, 0.05) is 11.8 Å². The highest BCUT2D eigenvalue weighted by Crippen LogP contribution is 2.27. The van der Waals surface area contributed by atoms with Gasteiger partial charge in [0.05, 0.1) is 30.3 Å². The van der Waals surface area contributed by atoms with Gasteiger partial charge in [0.2, 0.25) is 0 Å². The molecule has 0 heterocycles. The third kappa shape index (κ3) is 6.23. The SMILES string of the molecule is CCOc1cc(C[NH2+]CC[N-]S(C)(=O)=O)ccc1OC. The fraction of sp³-hybridized carbons (Fsp3) is 0.538. The number of quaternary nitrogens is 1. The number of hydrogen-bond donors (Lipinski definition) is 1. The van der Waals surface area contributed by atoms with E-state index in [1.807, 2.05) is 30.4 Å². The Morgan fingerprint density at radius 1 is 1.30 bits per heavy atom. The van der Waals surface area contributed by atoms with E-state index in [1.54, 1.807) is 7.11 Å². The molecule has 7 heteroatoms. The van der Waals surface area contributed by atoms with Gasteiger partial charge < -0.3 is 19.5 Å². The fourth-order valence-electron chi connectivity index (χ4n) is 1.69. The number of benzene rings is 1. The minimum atomic E-state index is -3.22. The molecule has 0 saturated heterocycles. The summed E-state index contributed by atoms with van der Waals surface area (Å²) in [5, 5.41) is 2.01. The molecule has 1 rings (SSSR count). The molecule has 0 radical (unpaired) electrons. The quantitative estimate of drug-likeness (QED) is 0.673. The second-order valence-electron chi connectivity index (χ2n) is 4.29. The highest BCUT2D eigenvalue weighted by molar-refractivity contribution is 7.93. The van der Waals surface area contributed by atoms with Crippen LogP contribution in [0.2, 0.25) is 0 Å². The minimum absolute atomic E-state index is 0.299. The maximum Gasteiger partial charge on any atom is 0.161 e. The average Bonchev–Trinajstić information content (AvgIpc) is 2.38. The fourth-order valence-corrected chi connectivity index (χ4v) is 2.13. The summed E-state index contributed by atoms with van der Waals surface area (Å²) >= 11 is 0. The summed E-state index contributed by atoms with van der Waals surface area (Å²) < 4.78 is 36.0. The number of hydrogen-bond acceptors (Lipinski definition) is 4. The Balaban J connectivity index is 2.46. The van der Waals surface area contributed by atoms with Crippen molar-refractivity contribution in [3.05, 3.63) is 28.5 Å². The summed E-state index contributed by atoms with van der Waals surface area (Å²) in [5.41, 5.74) is 1.09. The van der Waals surface area contributed by atoms with Crippen molar-refractivity contribution in [2.75, 3.05) is 33.1 Å². The number of nitrogens with two attached hydrogens (primary N) is 1. The first kappa shape index (κ1) is 16.7. The molecule has 0 aliphatic carbocycles. The molecule has 0 aromatic heterocycles. The van der Waals surface area contributed by atoms with E-state index in [9.17, 15) is 8.42 Å². The van der Waals surface area contributed by atoms with Crippen LogP contribution in [0.5, 0.6) is 11.5 Å². The van der Waals surface area contributed by atoms with Crippen molar-refractivity contribution in [2.45, 2.75) is 13.5 Å². The molecule has 0 unspecified atom stereocenters. The maximum atomic E-state index is 10.8. The van der Waals surface area contributed by atoms with Gasteiger partial charge >= 0.3 is 0 Å². The Morgan fingerprint density at radius 3 is 2.65 bits per heavy atom. The van der Waals surface area contributed by atoms with Gasteiger partial charge in [-0.3, -0.25) is 0 Å². The van der Waals surface area contributed by atoms with Gasteiger partial charge in [-0.15, -0.1) is 0 Å². The number of rotatable bonds is 9. The Labute approximate surface area is 120 Å². The van der Waals surface area contributed by atoms with Gasteiger partial charge in [-0.2, -0.15) is 0 Å². The summed E-state index contributed by atoms with van der Waals surface area (Å²) in [6.07, 6.45) is 1.10. The maximum absolute atomic E-state index is 10.8. The van der Waals surface area contributed by atoms with Crippen molar-refractivity contribution in [1.29, 1.82) is 0 Å². The van der Waals surface area contributed by atoms with Crippen LogP contribution >= 0.6 is 0 Å². The Kier molecular flexibility index (Phi) is 6.77. The van der Waals surface area contributed by atoms with E-state index in [4.69, 9.17) is 9.47 Å². The summed E-state index contributed by atoms with van der Waals surface area (Å²) in [6, 6.07) is 5.77. The molecule has 114 valence electrons. The first-order chi connectivity index (χ1) is 9.46. The first-order valence-electron chi connectivity index (χ1n) is 6.46. The molecular weight excluding hydrogens is 280 g/mol. The molecule has 2 N–H and O–H groups in total. The third-order valence-corrected chi connectivity index (χ3v) is 3.22. The molecule has 20 heavy (non-hydrogen) atoms. The molecule has 0 fully saturated rings. The van der Waals surface area contributed by atoms with E-state index in [-0.39, 0.29) is 0 Å². The molecule has 0 spiro atoms. The van der Waals surface area contributed by atoms with Crippen molar-refractivity contribution >= 4 is 10.0 Å². The minimum Gasteiger partial charge on any atom is -0.545 e. The lowest BCUT2D eigenvalue weighted by atomic mass is 10.2. The predicted octanol–water partition coefficient (Wildman–Crippen LogP) is 0.491. The average molecular weight is 302 g/mol. The van der Waals surface area contributed by atoms with E-state index in [1.165, 1.54) is 0 Å². The highest BCUT2D eigenvalue weighted by atomic mass is 32.2. The lowest BCUT2D eigenvalue weighted by Crippen LogP contribution is -2.83. The first-order valence-corrected chi connectivity index (χ1v) is 8.31. The van der Waals surface area contributed by atoms with Crippen molar-refractivity contribution < 1.29 is 23.2 Å². The highest BCUT2D eigenvalue weighted by Gasteiger charge is 2.05. The molecule has 0 aliphatic heterocycles. The molecule has 6 nitrogen and oxygen atoms in total. The molecule has 0 amide bonds. The Bertz CT molecular complexity index is 517. The van der Waals surface area contributed by atoms with Crippen molar-refractivity contribution in [3.63, 3.8) is 0 Å². The Hall–Kier alpha value is -1.31. The molecule has 1 aromatic carbocycles. The van der Waals surface area contributed by atoms with E-state index in [0.29, 0.717) is 25.4 Å². The predicted molar refractivity (Wildman–Crippen MR) is 77.7 cm³/mol. The zero-order valence-electron chi connectivity index (χ0n) is 12.1. The zero-order valence-corrected chi connectivity index (χ0v) is 12.9. The lowest BCUT2D eigenvalue weighted by molar-refractivity contribution is -0.667. The van der Waals surface area contributed by atoms with E-state index in [0.717, 1.165) is 24.1 Å². The van der Waals surface area contributed by atoms with E-state index >= 15 is 0 Å². The van der Waals surface area contributed by atoms with Crippen molar-refractivity contribution in [1.82, 2.24) is 0 Å². The van der Waals surface area contributed by atoms with E-state index < -0.39 is 10.0 Å². The van der Waals surface area contributed by atoms with Gasteiger partial charge in [0.15, 0.2) is 11.5 Å². The zero-order chi connectivity index (χ0) is 15.0. The van der Waals surface area contributed by atoms with Gasteiger partial charge in [0.1, 0.15) is 6.54 Å². The van der Waals surface area contributed by atoms with Crippen LogP contribution in [0.4, 0.5) is 0 Å². The van der Waals surface area contributed by atoms with E-state index in [2.05, 4.69) is 4.72 Å². The molecule has 0 saturated carbocycles. The van der Waals surface area contributed by atoms with Crippen LogP contribution in [-0.4, -0.2) is 41.5 Å². The monoisotopic (exact) mass is 302 g/mol. The summed E-state index contributed by atoms with van der Waals surface area (Å²) in [4.78, 5) is 0. The normalized spacial score (nSPS) is 11.3. The largest absolute Gasteiger partial charge is 0.545 e. The standard InChI is InChI=1S/C13H21N2O4S/c1-4-19-13-9-11(5-6-12(13)18-2)10-14-7-8-15-20(3,16)17/h5-6,9,14H,4,7-8,10H2,1-3H3/q-1/p+1. The number of sulfonamides is 1. The van der Waals surface area contributed by atoms with Crippen LogP contribution in [0.1, 0.15) is 12.5 Å². The number of methoxy groups -OCH3 is 1. The van der Waals surface area contributed by atoms with Crippen LogP contribution in [0.25, 0.3) is 4.72 Å². The third-order valence-electron chi connectivity index (χ3n) is 2.57. The second-order valence-corrected chi connectivity index (χ2v) is 6.01. The molecule has 1 aromatic rings. The summed E-state index contributed by atoms with van der Waals surface area (Å²) in [6.45, 7) is 4.17. The van der Waals surface area contributed by atoms with Gasteiger partial charge in [-0.1, -0.05) is 6.54 Å². The van der Waals surface area contributed by atoms with Crippen LogP contribution in [-0.2, 0) is 16.6 Å². The van der Waals surface area contributed by atoms with Crippen LogP contribution < -0.4 is 14.8 Å². The van der Waals surface area contributed by atoms with Crippen LogP contribution in [0.3, 0.4) is 0 Å². The summed E-state index contributed by atoms with van der Waals surface area (Å²) in [5.74, 6) is 1.43. The second kappa shape index (κ2) is 8.08. The molecular formula is C13H22N2O4S. The smallest absolute Gasteiger partial charge is 0.161 e. The van der Waals surface area contributed by atoms with Crippen LogP contribution in [0.15, 0.2) is 18.2 Å². The number of ether oxygens (including phenoxy) is 2. The molecule has 0 aliphatic rings. The van der Waals surface area contributed by atoms with Gasteiger partial charge in [-0.05, 0) is 25.1 Å². The van der Waals surface area contributed by atoms with Crippen molar-refractivity contribution in [3.8, 4) is 11.5 Å². The van der Waals surface area contributed by atoms with Gasteiger partial charge in [0.25, 0.3) is 0 Å². The topological polar surface area (TPSA) is 83.3 Å². The Morgan fingerprint density at radius 2 is 2.05 bits per heavy atom. The van der Waals surface area contributed by atoms with Crippen molar-refractivity contribution in [2.24, 2.45) is 0 Å². The number of nitrogens with zero attached hydrogens (tertiary/aromatic N) is 1. The summed E-state index contributed by atoms with van der Waals surface area (Å²) in [7, 11) is -1.62. The molecule has 0 atom stereocenters.